The van der Waals surface area contributed by atoms with E-state index in [-0.39, 0.29) is 18.1 Å². The number of carbonyl (C=O) groups is 1. The highest BCUT2D eigenvalue weighted by atomic mass is 16.5. The van der Waals surface area contributed by atoms with E-state index in [1.165, 1.54) is 0 Å². The Morgan fingerprint density at radius 3 is 2.75 bits per heavy atom. The van der Waals surface area contributed by atoms with Crippen molar-refractivity contribution < 1.29 is 14.1 Å². The second-order valence-electron chi connectivity index (χ2n) is 5.05. The van der Waals surface area contributed by atoms with Crippen LogP contribution in [0.2, 0.25) is 0 Å². The number of carbonyl (C=O) groups excluding carboxylic acids is 1. The lowest BCUT2D eigenvalue weighted by atomic mass is 10.1. The van der Waals surface area contributed by atoms with Crippen LogP contribution in [0.4, 0.5) is 0 Å². The van der Waals surface area contributed by atoms with Crippen molar-refractivity contribution in [2.75, 3.05) is 7.11 Å². The van der Waals surface area contributed by atoms with Gasteiger partial charge in [-0.25, -0.2) is 0 Å². The van der Waals surface area contributed by atoms with Gasteiger partial charge in [0.15, 0.2) is 5.82 Å². The van der Waals surface area contributed by atoms with Crippen molar-refractivity contribution in [2.24, 2.45) is 5.92 Å². The van der Waals surface area contributed by atoms with Crippen LogP contribution in [0.5, 0.6) is 5.75 Å². The van der Waals surface area contributed by atoms with Crippen LogP contribution in [-0.4, -0.2) is 23.0 Å². The first-order valence-electron chi connectivity index (χ1n) is 6.71. The van der Waals surface area contributed by atoms with Crippen LogP contribution in [0, 0.1) is 5.92 Å². The molecule has 1 heterocycles. The number of hydrogen-bond acceptors (Lipinski definition) is 5. The molecule has 5 nitrogen and oxygen atoms in total. The molecule has 1 aromatic carbocycles. The van der Waals surface area contributed by atoms with E-state index in [1.807, 2.05) is 24.3 Å². The lowest BCUT2D eigenvalue weighted by Gasteiger charge is -2.00. The Kier molecular flexibility index (Phi) is 3.50. The molecule has 0 aliphatic heterocycles. The van der Waals surface area contributed by atoms with E-state index < -0.39 is 0 Å². The van der Waals surface area contributed by atoms with Crippen LogP contribution in [0.15, 0.2) is 28.8 Å². The van der Waals surface area contributed by atoms with Gasteiger partial charge in [0.25, 0.3) is 0 Å². The Morgan fingerprint density at radius 2 is 2.10 bits per heavy atom. The highest BCUT2D eigenvalue weighted by Gasteiger charge is 2.30. The second-order valence-corrected chi connectivity index (χ2v) is 5.05. The van der Waals surface area contributed by atoms with Crippen molar-refractivity contribution in [3.63, 3.8) is 0 Å². The Labute approximate surface area is 116 Å². The smallest absolute Gasteiger partial charge is 0.234 e. The highest BCUT2D eigenvalue weighted by molar-refractivity contribution is 5.84. The summed E-state index contributed by atoms with van der Waals surface area (Å²) in [6.07, 6.45) is 2.86. The van der Waals surface area contributed by atoms with Crippen LogP contribution in [0.25, 0.3) is 0 Å². The Hall–Kier alpha value is -2.17. The molecule has 1 saturated carbocycles. The fourth-order valence-corrected chi connectivity index (χ4v) is 2.06. The minimum atomic E-state index is 0.213. The summed E-state index contributed by atoms with van der Waals surface area (Å²) in [6, 6.07) is 7.72. The minimum Gasteiger partial charge on any atom is -0.497 e. The van der Waals surface area contributed by atoms with Gasteiger partial charge in [0, 0.05) is 12.3 Å². The van der Waals surface area contributed by atoms with Crippen molar-refractivity contribution in [1.82, 2.24) is 10.1 Å². The quantitative estimate of drug-likeness (QED) is 0.806. The van der Waals surface area contributed by atoms with Crippen molar-refractivity contribution >= 4 is 5.78 Å². The molecular weight excluding hydrogens is 256 g/mol. The van der Waals surface area contributed by atoms with Gasteiger partial charge >= 0.3 is 0 Å². The van der Waals surface area contributed by atoms with E-state index in [1.54, 1.807) is 7.11 Å². The average Bonchev–Trinajstić information content (AvgIpc) is 3.23. The zero-order chi connectivity index (χ0) is 13.9. The maximum Gasteiger partial charge on any atom is 0.234 e. The van der Waals surface area contributed by atoms with Crippen molar-refractivity contribution in [1.29, 1.82) is 0 Å². The van der Waals surface area contributed by atoms with Crippen LogP contribution in [-0.2, 0) is 17.6 Å². The number of hydrogen-bond donors (Lipinski definition) is 0. The zero-order valence-electron chi connectivity index (χ0n) is 11.3. The SMILES string of the molecule is COc1ccc(Cc2noc(CC(=O)C3CC3)n2)cc1. The summed E-state index contributed by atoms with van der Waals surface area (Å²) >= 11 is 0. The fraction of sp³-hybridized carbons (Fsp3) is 0.400. The third-order valence-electron chi connectivity index (χ3n) is 3.39. The van der Waals surface area contributed by atoms with E-state index in [9.17, 15) is 4.79 Å². The van der Waals surface area contributed by atoms with Crippen molar-refractivity contribution in [3.05, 3.63) is 41.5 Å². The molecule has 0 radical (unpaired) electrons. The summed E-state index contributed by atoms with van der Waals surface area (Å²) in [6.45, 7) is 0. The van der Waals surface area contributed by atoms with Gasteiger partial charge in [-0.2, -0.15) is 4.98 Å². The molecule has 0 atom stereocenters. The molecule has 0 amide bonds. The van der Waals surface area contributed by atoms with Gasteiger partial charge in [0.1, 0.15) is 11.5 Å². The van der Waals surface area contributed by atoms with Gasteiger partial charge < -0.3 is 9.26 Å². The molecule has 1 aliphatic carbocycles. The van der Waals surface area contributed by atoms with E-state index in [4.69, 9.17) is 9.26 Å². The van der Waals surface area contributed by atoms with Gasteiger partial charge in [-0.05, 0) is 30.5 Å². The molecule has 20 heavy (non-hydrogen) atoms. The van der Waals surface area contributed by atoms with Gasteiger partial charge in [-0.1, -0.05) is 17.3 Å². The molecule has 1 fully saturated rings. The number of aromatic nitrogens is 2. The molecule has 104 valence electrons. The normalized spacial score (nSPS) is 14.2. The summed E-state index contributed by atoms with van der Waals surface area (Å²) < 4.78 is 10.2. The molecule has 0 spiro atoms. The van der Waals surface area contributed by atoms with Crippen LogP contribution >= 0.6 is 0 Å². The number of rotatable bonds is 6. The molecule has 1 aromatic heterocycles. The van der Waals surface area contributed by atoms with Crippen molar-refractivity contribution in [3.8, 4) is 5.75 Å². The minimum absolute atomic E-state index is 0.213. The number of ether oxygens (including phenoxy) is 1. The third kappa shape index (κ3) is 3.04. The Balaban J connectivity index is 1.62. The summed E-state index contributed by atoms with van der Waals surface area (Å²) in [7, 11) is 1.64. The van der Waals surface area contributed by atoms with Gasteiger partial charge in [0.2, 0.25) is 5.89 Å². The molecule has 0 unspecified atom stereocenters. The first-order chi connectivity index (χ1) is 9.74. The Morgan fingerprint density at radius 1 is 1.35 bits per heavy atom. The largest absolute Gasteiger partial charge is 0.497 e. The summed E-state index contributed by atoms with van der Waals surface area (Å²) in [4.78, 5) is 15.9. The third-order valence-corrected chi connectivity index (χ3v) is 3.39. The topological polar surface area (TPSA) is 65.2 Å². The average molecular weight is 272 g/mol. The predicted octanol–water partition coefficient (Wildman–Crippen LogP) is 2.19. The molecular formula is C15H16N2O3. The summed E-state index contributed by atoms with van der Waals surface area (Å²) in [5.74, 6) is 2.29. The van der Waals surface area contributed by atoms with Gasteiger partial charge in [-0.3, -0.25) is 4.79 Å². The van der Waals surface area contributed by atoms with E-state index in [0.29, 0.717) is 18.1 Å². The molecule has 0 saturated heterocycles. The van der Waals surface area contributed by atoms with Crippen LogP contribution in [0.1, 0.15) is 30.1 Å². The lowest BCUT2D eigenvalue weighted by molar-refractivity contribution is -0.119. The fourth-order valence-electron chi connectivity index (χ4n) is 2.06. The summed E-state index contributed by atoms with van der Waals surface area (Å²) in [5.41, 5.74) is 1.08. The van der Waals surface area contributed by atoms with E-state index >= 15 is 0 Å². The van der Waals surface area contributed by atoms with Crippen molar-refractivity contribution in [2.45, 2.75) is 25.7 Å². The number of methoxy groups -OCH3 is 1. The molecule has 0 bridgehead atoms. The number of ketones is 1. The number of benzene rings is 1. The maximum atomic E-state index is 11.7. The van der Waals surface area contributed by atoms with Crippen LogP contribution < -0.4 is 4.74 Å². The second kappa shape index (κ2) is 5.45. The zero-order valence-corrected chi connectivity index (χ0v) is 11.3. The van der Waals surface area contributed by atoms with Gasteiger partial charge in [-0.15, -0.1) is 0 Å². The maximum absolute atomic E-state index is 11.7. The predicted molar refractivity (Wildman–Crippen MR) is 71.5 cm³/mol. The van der Waals surface area contributed by atoms with E-state index in [0.717, 1.165) is 24.2 Å². The highest BCUT2D eigenvalue weighted by Crippen LogP contribution is 2.30. The molecule has 1 aliphatic rings. The lowest BCUT2D eigenvalue weighted by Crippen LogP contribution is -2.05. The molecule has 3 rings (SSSR count). The van der Waals surface area contributed by atoms with Gasteiger partial charge in [0.05, 0.1) is 13.5 Å². The van der Waals surface area contributed by atoms with E-state index in [2.05, 4.69) is 10.1 Å². The Bertz CT molecular complexity index is 600. The standard InChI is InChI=1S/C15H16N2O3/c1-19-12-6-2-10(3-7-12)8-14-16-15(20-17-14)9-13(18)11-4-5-11/h2-3,6-7,11H,4-5,8-9H2,1H3. The summed E-state index contributed by atoms with van der Waals surface area (Å²) in [5, 5.41) is 3.92. The number of Topliss-reactive ketones (excluding diaryl/α,β-unsaturated/α-hetero) is 1. The molecule has 2 aromatic rings. The first kappa shape index (κ1) is 12.8. The number of nitrogens with zero attached hydrogens (tertiary/aromatic N) is 2. The first-order valence-corrected chi connectivity index (χ1v) is 6.71. The molecule has 0 N–H and O–H groups in total. The monoisotopic (exact) mass is 272 g/mol. The molecule has 5 heteroatoms. The van der Waals surface area contributed by atoms with Crippen LogP contribution in [0.3, 0.4) is 0 Å².